The molecule has 0 bridgehead atoms. The molecule has 1 heterocycles. The van der Waals surface area contributed by atoms with Gasteiger partial charge in [0.15, 0.2) is 6.29 Å². The van der Waals surface area contributed by atoms with Crippen molar-refractivity contribution in [3.8, 4) is 0 Å². The highest BCUT2D eigenvalue weighted by molar-refractivity contribution is 5.00. The van der Waals surface area contributed by atoms with Gasteiger partial charge in [-0.05, 0) is 66.8 Å². The number of nitrogens with zero attached hydrogens (tertiary/aromatic N) is 3. The summed E-state index contributed by atoms with van der Waals surface area (Å²) < 4.78 is 26.3. The van der Waals surface area contributed by atoms with Crippen molar-refractivity contribution in [3.63, 3.8) is 0 Å². The third-order valence-electron chi connectivity index (χ3n) is 8.53. The highest BCUT2D eigenvalue weighted by atomic mass is 16.7. The number of hydrogen-bond donors (Lipinski definition) is 2. The SMILES string of the molecule is CCC(CC)OC1OC(COCCC[N+](C)(C)CCCN(C)C)C(C(O)(CC)CC)C(O)C1OCCCN(C)C. The lowest BCUT2D eigenvalue weighted by Gasteiger charge is -2.50. The lowest BCUT2D eigenvalue weighted by atomic mass is 9.73. The molecule has 2 N–H and O–H groups in total. The van der Waals surface area contributed by atoms with Gasteiger partial charge >= 0.3 is 0 Å². The molecular formula is C31H66N3O6+. The Bertz CT molecular complexity index is 643. The minimum Gasteiger partial charge on any atom is -0.390 e. The van der Waals surface area contributed by atoms with Crippen LogP contribution in [0.1, 0.15) is 72.6 Å². The fourth-order valence-electron chi connectivity index (χ4n) is 5.73. The van der Waals surface area contributed by atoms with E-state index in [9.17, 15) is 10.2 Å². The second-order valence-electron chi connectivity index (χ2n) is 12.9. The predicted octanol–water partition coefficient (Wildman–Crippen LogP) is 3.22. The number of ether oxygens (including phenoxy) is 4. The third kappa shape index (κ3) is 12.9. The Kier molecular flexibility index (Phi) is 17.9. The summed E-state index contributed by atoms with van der Waals surface area (Å²) in [5.74, 6) is -0.541. The van der Waals surface area contributed by atoms with Crippen LogP contribution in [0.4, 0.5) is 0 Å². The quantitative estimate of drug-likeness (QED) is 0.150. The summed E-state index contributed by atoms with van der Waals surface area (Å²) in [6.07, 6.45) is 2.84. The van der Waals surface area contributed by atoms with Crippen LogP contribution in [0.25, 0.3) is 0 Å². The van der Waals surface area contributed by atoms with Gasteiger partial charge in [0.05, 0.1) is 64.3 Å². The molecule has 5 unspecified atom stereocenters. The maximum Gasteiger partial charge on any atom is 0.187 e. The molecule has 240 valence electrons. The van der Waals surface area contributed by atoms with Crippen LogP contribution in [0.5, 0.6) is 0 Å². The zero-order chi connectivity index (χ0) is 30.3. The summed E-state index contributed by atoms with van der Waals surface area (Å²) in [7, 11) is 12.8. The van der Waals surface area contributed by atoms with Gasteiger partial charge in [0.1, 0.15) is 6.10 Å². The molecular weight excluding hydrogens is 510 g/mol. The van der Waals surface area contributed by atoms with Gasteiger partial charge in [-0.25, -0.2) is 0 Å². The van der Waals surface area contributed by atoms with Crippen molar-refractivity contribution in [2.75, 3.05) is 88.3 Å². The van der Waals surface area contributed by atoms with Gasteiger partial charge in [0, 0.05) is 31.9 Å². The van der Waals surface area contributed by atoms with Gasteiger partial charge in [-0.2, -0.15) is 0 Å². The molecule has 0 amide bonds. The first-order valence-electron chi connectivity index (χ1n) is 15.9. The van der Waals surface area contributed by atoms with Crippen molar-refractivity contribution < 1.29 is 33.6 Å². The van der Waals surface area contributed by atoms with Crippen molar-refractivity contribution in [1.29, 1.82) is 0 Å². The van der Waals surface area contributed by atoms with E-state index in [2.05, 4.69) is 51.8 Å². The minimum atomic E-state index is -1.09. The second kappa shape index (κ2) is 19.0. The molecule has 9 heteroatoms. The number of aliphatic hydroxyl groups is 2. The van der Waals surface area contributed by atoms with Gasteiger partial charge in [0.25, 0.3) is 0 Å². The normalized spacial score (nSPS) is 24.5. The van der Waals surface area contributed by atoms with E-state index in [4.69, 9.17) is 18.9 Å². The van der Waals surface area contributed by atoms with Crippen LogP contribution in [0.3, 0.4) is 0 Å². The lowest BCUT2D eigenvalue weighted by molar-refractivity contribution is -0.890. The van der Waals surface area contributed by atoms with E-state index in [1.54, 1.807) is 0 Å². The summed E-state index contributed by atoms with van der Waals surface area (Å²) in [6, 6.07) is 0. The molecule has 40 heavy (non-hydrogen) atoms. The predicted molar refractivity (Wildman–Crippen MR) is 163 cm³/mol. The molecule has 0 radical (unpaired) electrons. The van der Waals surface area contributed by atoms with Gasteiger partial charge < -0.3 is 43.4 Å². The fourth-order valence-corrected chi connectivity index (χ4v) is 5.73. The molecule has 0 spiro atoms. The number of aliphatic hydroxyl groups excluding tert-OH is 1. The summed E-state index contributed by atoms with van der Waals surface area (Å²) in [6.45, 7) is 13.7. The molecule has 1 aliphatic heterocycles. The van der Waals surface area contributed by atoms with Crippen LogP contribution in [0.2, 0.25) is 0 Å². The second-order valence-corrected chi connectivity index (χ2v) is 12.9. The summed E-state index contributed by atoms with van der Waals surface area (Å²) in [5, 5.41) is 23.4. The van der Waals surface area contributed by atoms with Crippen molar-refractivity contribution in [1.82, 2.24) is 9.80 Å². The molecule has 0 aromatic rings. The Morgan fingerprint density at radius 3 is 2.00 bits per heavy atom. The molecule has 0 aliphatic carbocycles. The van der Waals surface area contributed by atoms with Gasteiger partial charge in [-0.1, -0.05) is 27.7 Å². The highest BCUT2D eigenvalue weighted by Crippen LogP contribution is 2.40. The first-order chi connectivity index (χ1) is 18.8. The standard InChI is InChI=1S/C31H66N3O6/c1-11-25(12-2)39-30-29(38-23-16-19-33(7)8)28(35)27(31(36,13-3)14-4)26(40-30)24-37-22-17-21-34(9,10)20-15-18-32(5)6/h25-30,35-36H,11-24H2,1-10H3/q+1. The van der Waals surface area contributed by atoms with E-state index in [1.807, 2.05) is 27.9 Å². The molecule has 0 aromatic heterocycles. The first-order valence-corrected chi connectivity index (χ1v) is 15.9. The van der Waals surface area contributed by atoms with Crippen LogP contribution < -0.4 is 0 Å². The third-order valence-corrected chi connectivity index (χ3v) is 8.53. The fraction of sp³-hybridized carbons (Fsp3) is 1.00. The Morgan fingerprint density at radius 1 is 0.875 bits per heavy atom. The molecule has 0 aromatic carbocycles. The van der Waals surface area contributed by atoms with E-state index < -0.39 is 36.1 Å². The Labute approximate surface area is 246 Å². The number of quaternary nitrogens is 1. The first kappa shape index (κ1) is 37.7. The monoisotopic (exact) mass is 576 g/mol. The minimum absolute atomic E-state index is 0.00641. The average molecular weight is 577 g/mol. The summed E-state index contributed by atoms with van der Waals surface area (Å²) in [5.41, 5.74) is -1.09. The van der Waals surface area contributed by atoms with Crippen molar-refractivity contribution in [3.05, 3.63) is 0 Å². The number of rotatable bonds is 22. The molecule has 1 rings (SSSR count). The van der Waals surface area contributed by atoms with E-state index in [1.165, 1.54) is 6.42 Å². The Hall–Kier alpha value is -0.360. The lowest BCUT2D eigenvalue weighted by Crippen LogP contribution is -2.64. The highest BCUT2D eigenvalue weighted by Gasteiger charge is 2.54. The van der Waals surface area contributed by atoms with Gasteiger partial charge in [-0.3, -0.25) is 0 Å². The van der Waals surface area contributed by atoms with Crippen LogP contribution in [-0.2, 0) is 18.9 Å². The topological polar surface area (TPSA) is 83.9 Å². The smallest absolute Gasteiger partial charge is 0.187 e. The molecule has 9 nitrogen and oxygen atoms in total. The average Bonchev–Trinajstić information content (AvgIpc) is 2.89. The van der Waals surface area contributed by atoms with E-state index in [0.717, 1.165) is 56.3 Å². The van der Waals surface area contributed by atoms with Gasteiger partial charge in [0.2, 0.25) is 0 Å². The molecule has 5 atom stereocenters. The summed E-state index contributed by atoms with van der Waals surface area (Å²) >= 11 is 0. The van der Waals surface area contributed by atoms with Crippen molar-refractivity contribution in [2.24, 2.45) is 5.92 Å². The maximum absolute atomic E-state index is 11.7. The van der Waals surface area contributed by atoms with Crippen LogP contribution in [0, 0.1) is 5.92 Å². The Balaban J connectivity index is 2.95. The molecule has 1 fully saturated rings. The van der Waals surface area contributed by atoms with Crippen molar-refractivity contribution in [2.45, 2.75) is 109 Å². The van der Waals surface area contributed by atoms with E-state index in [0.29, 0.717) is 32.7 Å². The van der Waals surface area contributed by atoms with Crippen LogP contribution >= 0.6 is 0 Å². The zero-order valence-corrected chi connectivity index (χ0v) is 27.7. The van der Waals surface area contributed by atoms with Gasteiger partial charge in [-0.15, -0.1) is 0 Å². The van der Waals surface area contributed by atoms with E-state index in [-0.39, 0.29) is 6.10 Å². The zero-order valence-electron chi connectivity index (χ0n) is 27.7. The molecule has 0 saturated carbocycles. The molecule has 1 saturated heterocycles. The molecule has 1 aliphatic rings. The van der Waals surface area contributed by atoms with Crippen LogP contribution in [0.15, 0.2) is 0 Å². The Morgan fingerprint density at radius 2 is 1.45 bits per heavy atom. The van der Waals surface area contributed by atoms with Crippen LogP contribution in [-0.4, -0.2) is 149 Å². The van der Waals surface area contributed by atoms with E-state index >= 15 is 0 Å². The number of hydrogen-bond acceptors (Lipinski definition) is 8. The largest absolute Gasteiger partial charge is 0.390 e. The van der Waals surface area contributed by atoms with Crippen molar-refractivity contribution >= 4 is 0 Å². The summed E-state index contributed by atoms with van der Waals surface area (Å²) in [4.78, 5) is 4.34. The maximum atomic E-state index is 11.7.